The molecule has 0 spiro atoms. The average Bonchev–Trinajstić information content (AvgIpc) is 1.95. The Bertz CT molecular complexity index is 223. The van der Waals surface area contributed by atoms with E-state index in [1.807, 2.05) is 6.07 Å². The molecule has 0 fully saturated rings. The van der Waals surface area contributed by atoms with E-state index >= 15 is 0 Å². The Hall–Kier alpha value is -0.780. The van der Waals surface area contributed by atoms with Crippen LogP contribution in [0.2, 0.25) is 0 Å². The third-order valence-corrected chi connectivity index (χ3v) is 1.99. The predicted molar refractivity (Wildman–Crippen MR) is 44.1 cm³/mol. The predicted octanol–water partition coefficient (Wildman–Crippen LogP) is 2.67. The zero-order valence-electron chi connectivity index (χ0n) is 6.86. The van der Waals surface area contributed by atoms with Crippen LogP contribution in [0.4, 0.5) is 0 Å². The second kappa shape index (κ2) is 2.87. The minimum Gasteiger partial charge on any atom is -0.0613 e. The first kappa shape index (κ1) is 7.33. The third-order valence-electron chi connectivity index (χ3n) is 1.99. The number of rotatable bonds is 1. The van der Waals surface area contributed by atoms with Crippen LogP contribution in [0, 0.1) is 19.9 Å². The minimum atomic E-state index is 1.09. The molecule has 10 heavy (non-hydrogen) atoms. The summed E-state index contributed by atoms with van der Waals surface area (Å²) < 4.78 is 0. The Morgan fingerprint density at radius 2 is 2.10 bits per heavy atom. The molecule has 0 aromatic heterocycles. The molecule has 1 aromatic rings. The average molecular weight is 133 g/mol. The van der Waals surface area contributed by atoms with Crippen LogP contribution in [-0.2, 0) is 6.42 Å². The Morgan fingerprint density at radius 1 is 1.40 bits per heavy atom. The molecule has 53 valence electrons. The van der Waals surface area contributed by atoms with Gasteiger partial charge in [0.15, 0.2) is 0 Å². The van der Waals surface area contributed by atoms with Crippen molar-refractivity contribution in [2.45, 2.75) is 27.2 Å². The van der Waals surface area contributed by atoms with E-state index in [1.165, 1.54) is 16.7 Å². The van der Waals surface area contributed by atoms with Gasteiger partial charge in [-0.1, -0.05) is 19.1 Å². The first-order chi connectivity index (χ1) is 4.75. The lowest BCUT2D eigenvalue weighted by Gasteiger charge is -2.03. The van der Waals surface area contributed by atoms with Gasteiger partial charge >= 0.3 is 0 Å². The van der Waals surface area contributed by atoms with Gasteiger partial charge in [-0.15, -0.1) is 0 Å². The summed E-state index contributed by atoms with van der Waals surface area (Å²) in [5.41, 5.74) is 4.11. The second-order valence-corrected chi connectivity index (χ2v) is 2.62. The molecular formula is C10H13. The molecule has 0 heteroatoms. The lowest BCUT2D eigenvalue weighted by atomic mass is 10.0. The fraction of sp³-hybridized carbons (Fsp3) is 0.400. The molecule has 0 saturated carbocycles. The molecular weight excluding hydrogens is 120 g/mol. The van der Waals surface area contributed by atoms with Gasteiger partial charge in [0.25, 0.3) is 0 Å². The number of benzene rings is 1. The van der Waals surface area contributed by atoms with Crippen molar-refractivity contribution >= 4 is 0 Å². The van der Waals surface area contributed by atoms with Crippen LogP contribution in [0.3, 0.4) is 0 Å². The highest BCUT2D eigenvalue weighted by molar-refractivity contribution is 5.31. The van der Waals surface area contributed by atoms with Gasteiger partial charge in [-0.2, -0.15) is 0 Å². The number of hydrogen-bond acceptors (Lipinski definition) is 0. The summed E-state index contributed by atoms with van der Waals surface area (Å²) in [7, 11) is 0. The zero-order valence-corrected chi connectivity index (χ0v) is 6.86. The molecule has 1 rings (SSSR count). The van der Waals surface area contributed by atoms with Crippen molar-refractivity contribution in [3.8, 4) is 0 Å². The third kappa shape index (κ3) is 1.21. The van der Waals surface area contributed by atoms with Gasteiger partial charge in [0.05, 0.1) is 0 Å². The summed E-state index contributed by atoms with van der Waals surface area (Å²) >= 11 is 0. The van der Waals surface area contributed by atoms with Crippen molar-refractivity contribution in [1.29, 1.82) is 0 Å². The molecule has 0 amide bonds. The number of aryl methyl sites for hydroxylation is 2. The van der Waals surface area contributed by atoms with Crippen molar-refractivity contribution in [3.05, 3.63) is 34.9 Å². The molecule has 1 radical (unpaired) electrons. The molecule has 0 unspecified atom stereocenters. The Labute approximate surface area is 62.9 Å². The van der Waals surface area contributed by atoms with Gasteiger partial charge in [-0.3, -0.25) is 0 Å². The molecule has 0 saturated heterocycles. The van der Waals surface area contributed by atoms with E-state index in [4.69, 9.17) is 0 Å². The smallest absolute Gasteiger partial charge is 0.0146 e. The first-order valence-corrected chi connectivity index (χ1v) is 3.72. The SMILES string of the molecule is CCc1[c]ccc(C)c1C. The highest BCUT2D eigenvalue weighted by atomic mass is 14.0. The zero-order chi connectivity index (χ0) is 7.56. The van der Waals surface area contributed by atoms with Gasteiger partial charge in [-0.25, -0.2) is 0 Å². The van der Waals surface area contributed by atoms with Crippen LogP contribution in [0.25, 0.3) is 0 Å². The van der Waals surface area contributed by atoms with Crippen LogP contribution < -0.4 is 0 Å². The van der Waals surface area contributed by atoms with Gasteiger partial charge < -0.3 is 0 Å². The molecule has 0 N–H and O–H groups in total. The van der Waals surface area contributed by atoms with Crippen LogP contribution in [0.5, 0.6) is 0 Å². The monoisotopic (exact) mass is 133 g/mol. The molecule has 0 aliphatic carbocycles. The van der Waals surface area contributed by atoms with Crippen molar-refractivity contribution in [2.75, 3.05) is 0 Å². The quantitative estimate of drug-likeness (QED) is 0.552. The first-order valence-electron chi connectivity index (χ1n) is 3.72. The van der Waals surface area contributed by atoms with E-state index in [9.17, 15) is 0 Å². The molecule has 0 atom stereocenters. The lowest BCUT2D eigenvalue weighted by Crippen LogP contribution is -1.88. The fourth-order valence-electron chi connectivity index (χ4n) is 1.11. The molecule has 0 nitrogen and oxygen atoms in total. The summed E-state index contributed by atoms with van der Waals surface area (Å²) in [5.74, 6) is 0. The van der Waals surface area contributed by atoms with Gasteiger partial charge in [0.2, 0.25) is 0 Å². The lowest BCUT2D eigenvalue weighted by molar-refractivity contribution is 1.09. The maximum absolute atomic E-state index is 3.23. The van der Waals surface area contributed by atoms with Crippen molar-refractivity contribution in [2.24, 2.45) is 0 Å². The Kier molecular flexibility index (Phi) is 2.10. The van der Waals surface area contributed by atoms with Crippen LogP contribution >= 0.6 is 0 Å². The second-order valence-electron chi connectivity index (χ2n) is 2.62. The normalized spacial score (nSPS) is 9.90. The maximum Gasteiger partial charge on any atom is -0.0146 e. The van der Waals surface area contributed by atoms with Crippen LogP contribution in [-0.4, -0.2) is 0 Å². The van der Waals surface area contributed by atoms with Crippen molar-refractivity contribution in [3.63, 3.8) is 0 Å². The topological polar surface area (TPSA) is 0 Å². The van der Waals surface area contributed by atoms with E-state index in [-0.39, 0.29) is 0 Å². The largest absolute Gasteiger partial charge is 0.0613 e. The standard InChI is InChI=1S/C10H13/c1-4-10-7-5-6-8(2)9(10)3/h5-6H,4H2,1-3H3. The highest BCUT2D eigenvalue weighted by Crippen LogP contribution is 2.11. The molecule has 1 aromatic carbocycles. The fourth-order valence-corrected chi connectivity index (χ4v) is 1.11. The van der Waals surface area contributed by atoms with E-state index in [0.29, 0.717) is 0 Å². The Morgan fingerprint density at radius 3 is 2.60 bits per heavy atom. The van der Waals surface area contributed by atoms with E-state index in [1.54, 1.807) is 0 Å². The summed E-state index contributed by atoms with van der Waals surface area (Å²) in [6.07, 6.45) is 1.09. The summed E-state index contributed by atoms with van der Waals surface area (Å²) in [6, 6.07) is 7.33. The maximum atomic E-state index is 3.23. The van der Waals surface area contributed by atoms with E-state index in [2.05, 4.69) is 32.9 Å². The molecule has 0 aliphatic rings. The van der Waals surface area contributed by atoms with Crippen LogP contribution in [0.15, 0.2) is 12.1 Å². The highest BCUT2D eigenvalue weighted by Gasteiger charge is 1.96. The summed E-state index contributed by atoms with van der Waals surface area (Å²) in [5, 5.41) is 0. The molecule has 0 heterocycles. The van der Waals surface area contributed by atoms with Crippen LogP contribution in [0.1, 0.15) is 23.6 Å². The summed E-state index contributed by atoms with van der Waals surface area (Å²) in [4.78, 5) is 0. The van der Waals surface area contributed by atoms with E-state index < -0.39 is 0 Å². The van der Waals surface area contributed by atoms with Crippen molar-refractivity contribution < 1.29 is 0 Å². The summed E-state index contributed by atoms with van der Waals surface area (Å²) in [6.45, 7) is 6.46. The van der Waals surface area contributed by atoms with Gasteiger partial charge in [0, 0.05) is 0 Å². The molecule has 0 aliphatic heterocycles. The van der Waals surface area contributed by atoms with Gasteiger partial charge in [-0.05, 0) is 43.0 Å². The van der Waals surface area contributed by atoms with E-state index in [0.717, 1.165) is 6.42 Å². The van der Waals surface area contributed by atoms with Crippen molar-refractivity contribution in [1.82, 2.24) is 0 Å². The Balaban J connectivity index is 3.14. The molecule has 0 bridgehead atoms. The van der Waals surface area contributed by atoms with Gasteiger partial charge in [0.1, 0.15) is 0 Å². The minimum absolute atomic E-state index is 1.09. The number of hydrogen-bond donors (Lipinski definition) is 0.